The maximum absolute atomic E-state index is 13.2. The minimum absolute atomic E-state index is 0.0639. The molecule has 1 N–H and O–H groups in total. The van der Waals surface area contributed by atoms with Gasteiger partial charge in [-0.15, -0.1) is 0 Å². The zero-order valence-electron chi connectivity index (χ0n) is 18.0. The zero-order valence-corrected chi connectivity index (χ0v) is 18.0. The molecule has 1 fully saturated rings. The Hall–Kier alpha value is -3.68. The second-order valence-electron chi connectivity index (χ2n) is 7.59. The van der Waals surface area contributed by atoms with E-state index in [9.17, 15) is 9.18 Å². The SMILES string of the molecule is COc1ccc(NC(=O)[C@H]2CCCN(c3ccnc(-c4ccc(F)cc4)n3)C2)c(OC)c1. The fourth-order valence-electron chi connectivity index (χ4n) is 3.80. The van der Waals surface area contributed by atoms with Gasteiger partial charge >= 0.3 is 0 Å². The predicted molar refractivity (Wildman–Crippen MR) is 121 cm³/mol. The molecule has 2 aromatic carbocycles. The Labute approximate surface area is 186 Å². The number of hydrogen-bond acceptors (Lipinski definition) is 6. The largest absolute Gasteiger partial charge is 0.497 e. The van der Waals surface area contributed by atoms with Gasteiger partial charge in [0.15, 0.2) is 5.82 Å². The second-order valence-corrected chi connectivity index (χ2v) is 7.59. The Balaban J connectivity index is 1.47. The van der Waals surface area contributed by atoms with Gasteiger partial charge in [-0.2, -0.15) is 0 Å². The molecule has 2 heterocycles. The van der Waals surface area contributed by atoms with Crippen molar-refractivity contribution < 1.29 is 18.7 Å². The van der Waals surface area contributed by atoms with Crippen molar-refractivity contribution in [2.24, 2.45) is 5.92 Å². The number of benzene rings is 2. The van der Waals surface area contributed by atoms with Crippen LogP contribution in [0, 0.1) is 11.7 Å². The van der Waals surface area contributed by atoms with Crippen LogP contribution in [0.3, 0.4) is 0 Å². The fraction of sp³-hybridized carbons (Fsp3) is 0.292. The van der Waals surface area contributed by atoms with Crippen LogP contribution in [-0.4, -0.2) is 43.2 Å². The molecular formula is C24H25FN4O3. The lowest BCUT2D eigenvalue weighted by Gasteiger charge is -2.33. The predicted octanol–water partition coefficient (Wildman–Crippen LogP) is 4.16. The van der Waals surface area contributed by atoms with Gasteiger partial charge in [0.25, 0.3) is 0 Å². The molecule has 1 amide bonds. The van der Waals surface area contributed by atoms with Crippen LogP contribution in [0.2, 0.25) is 0 Å². The summed E-state index contributed by atoms with van der Waals surface area (Å²) < 4.78 is 23.8. The summed E-state index contributed by atoms with van der Waals surface area (Å²) in [5.74, 6) is 1.92. The number of anilines is 2. The number of nitrogens with zero attached hydrogens (tertiary/aromatic N) is 3. The molecule has 1 aromatic heterocycles. The third-order valence-electron chi connectivity index (χ3n) is 5.53. The smallest absolute Gasteiger partial charge is 0.229 e. The van der Waals surface area contributed by atoms with Crippen LogP contribution in [0.25, 0.3) is 11.4 Å². The lowest BCUT2D eigenvalue weighted by molar-refractivity contribution is -0.120. The summed E-state index contributed by atoms with van der Waals surface area (Å²) in [5, 5.41) is 2.98. The van der Waals surface area contributed by atoms with E-state index in [1.54, 1.807) is 50.7 Å². The van der Waals surface area contributed by atoms with E-state index >= 15 is 0 Å². The van der Waals surface area contributed by atoms with Crippen molar-refractivity contribution in [2.45, 2.75) is 12.8 Å². The topological polar surface area (TPSA) is 76.6 Å². The van der Waals surface area contributed by atoms with Crippen LogP contribution in [-0.2, 0) is 4.79 Å². The number of piperidine rings is 1. The summed E-state index contributed by atoms with van der Waals surface area (Å²) in [7, 11) is 3.14. The third-order valence-corrected chi connectivity index (χ3v) is 5.53. The minimum atomic E-state index is -0.303. The molecule has 1 atom stereocenters. The first-order valence-corrected chi connectivity index (χ1v) is 10.4. The number of halogens is 1. The highest BCUT2D eigenvalue weighted by atomic mass is 19.1. The highest BCUT2D eigenvalue weighted by molar-refractivity contribution is 5.94. The number of carbonyl (C=O) groups excluding carboxylic acids is 1. The number of aromatic nitrogens is 2. The maximum Gasteiger partial charge on any atom is 0.229 e. The fourth-order valence-corrected chi connectivity index (χ4v) is 3.80. The number of nitrogens with one attached hydrogen (secondary N) is 1. The molecule has 1 aliphatic rings. The van der Waals surface area contributed by atoms with Crippen LogP contribution in [0.5, 0.6) is 11.5 Å². The molecule has 0 spiro atoms. The second kappa shape index (κ2) is 9.64. The molecule has 7 nitrogen and oxygen atoms in total. The molecule has 32 heavy (non-hydrogen) atoms. The first-order chi connectivity index (χ1) is 15.6. The van der Waals surface area contributed by atoms with Crippen molar-refractivity contribution in [3.8, 4) is 22.9 Å². The van der Waals surface area contributed by atoms with E-state index in [-0.39, 0.29) is 17.6 Å². The van der Waals surface area contributed by atoms with E-state index in [1.165, 1.54) is 12.1 Å². The van der Waals surface area contributed by atoms with Crippen LogP contribution >= 0.6 is 0 Å². The lowest BCUT2D eigenvalue weighted by atomic mass is 9.97. The number of methoxy groups -OCH3 is 2. The number of rotatable bonds is 6. The van der Waals surface area contributed by atoms with Crippen molar-refractivity contribution in [1.82, 2.24) is 9.97 Å². The Morgan fingerprint density at radius 1 is 1.12 bits per heavy atom. The van der Waals surface area contributed by atoms with Gasteiger partial charge in [0.05, 0.1) is 25.8 Å². The molecule has 3 aromatic rings. The van der Waals surface area contributed by atoms with Crippen molar-refractivity contribution in [1.29, 1.82) is 0 Å². The van der Waals surface area contributed by atoms with Gasteiger partial charge in [-0.3, -0.25) is 4.79 Å². The Morgan fingerprint density at radius 3 is 2.69 bits per heavy atom. The standard InChI is InChI=1S/C24H25FN4O3/c1-31-19-9-10-20(21(14-19)32-2)27-24(30)17-4-3-13-29(15-17)22-11-12-26-23(28-22)16-5-7-18(25)8-6-16/h5-12,14,17H,3-4,13,15H2,1-2H3,(H,27,30)/t17-/m0/s1. The molecule has 0 saturated carbocycles. The zero-order chi connectivity index (χ0) is 22.5. The van der Waals surface area contributed by atoms with Crippen molar-refractivity contribution >= 4 is 17.4 Å². The Morgan fingerprint density at radius 2 is 1.94 bits per heavy atom. The van der Waals surface area contributed by atoms with Crippen LogP contribution in [0.1, 0.15) is 12.8 Å². The normalized spacial score (nSPS) is 15.8. The molecule has 0 unspecified atom stereocenters. The van der Waals surface area contributed by atoms with Crippen molar-refractivity contribution in [2.75, 3.05) is 37.5 Å². The summed E-state index contributed by atoms with van der Waals surface area (Å²) in [6.45, 7) is 1.35. The molecule has 0 aliphatic carbocycles. The average molecular weight is 436 g/mol. The summed E-state index contributed by atoms with van der Waals surface area (Å²) >= 11 is 0. The highest BCUT2D eigenvalue weighted by Crippen LogP contribution is 2.30. The van der Waals surface area contributed by atoms with Gasteiger partial charge in [-0.1, -0.05) is 0 Å². The minimum Gasteiger partial charge on any atom is -0.497 e. The van der Waals surface area contributed by atoms with Gasteiger partial charge in [0.2, 0.25) is 5.91 Å². The van der Waals surface area contributed by atoms with Crippen LogP contribution < -0.4 is 19.7 Å². The van der Waals surface area contributed by atoms with Crippen LogP contribution in [0.4, 0.5) is 15.9 Å². The van der Waals surface area contributed by atoms with E-state index < -0.39 is 0 Å². The molecule has 0 radical (unpaired) electrons. The maximum atomic E-state index is 13.2. The molecular weight excluding hydrogens is 411 g/mol. The van der Waals surface area contributed by atoms with Gasteiger partial charge in [0, 0.05) is 30.9 Å². The van der Waals surface area contributed by atoms with E-state index in [2.05, 4.69) is 20.2 Å². The molecule has 0 bridgehead atoms. The first-order valence-electron chi connectivity index (χ1n) is 10.4. The van der Waals surface area contributed by atoms with E-state index in [1.807, 2.05) is 6.07 Å². The number of amides is 1. The molecule has 1 aliphatic heterocycles. The first kappa shape index (κ1) is 21.5. The summed E-state index contributed by atoms with van der Waals surface area (Å²) in [6.07, 6.45) is 3.34. The molecule has 166 valence electrons. The highest BCUT2D eigenvalue weighted by Gasteiger charge is 2.27. The number of hydrogen-bond donors (Lipinski definition) is 1. The van der Waals surface area contributed by atoms with Gasteiger partial charge in [-0.25, -0.2) is 14.4 Å². The summed E-state index contributed by atoms with van der Waals surface area (Å²) in [5.41, 5.74) is 1.35. The molecule has 4 rings (SSSR count). The number of carbonyl (C=O) groups is 1. The van der Waals surface area contributed by atoms with E-state index in [0.29, 0.717) is 29.6 Å². The van der Waals surface area contributed by atoms with Crippen LogP contribution in [0.15, 0.2) is 54.7 Å². The van der Waals surface area contributed by atoms with E-state index in [4.69, 9.17) is 9.47 Å². The number of ether oxygens (including phenoxy) is 2. The molecule has 1 saturated heterocycles. The molecule has 8 heteroatoms. The van der Waals surface area contributed by atoms with Crippen molar-refractivity contribution in [3.63, 3.8) is 0 Å². The van der Waals surface area contributed by atoms with Gasteiger partial charge < -0.3 is 19.7 Å². The Bertz CT molecular complexity index is 1090. The summed E-state index contributed by atoms with van der Waals surface area (Å²) in [4.78, 5) is 24.0. The van der Waals surface area contributed by atoms with Gasteiger partial charge in [-0.05, 0) is 55.3 Å². The average Bonchev–Trinajstić information content (AvgIpc) is 2.85. The lowest BCUT2D eigenvalue weighted by Crippen LogP contribution is -2.41. The Kier molecular flexibility index (Phi) is 6.49. The third kappa shape index (κ3) is 4.80. The quantitative estimate of drug-likeness (QED) is 0.626. The van der Waals surface area contributed by atoms with E-state index in [0.717, 1.165) is 30.8 Å². The van der Waals surface area contributed by atoms with Crippen molar-refractivity contribution in [3.05, 3.63) is 60.5 Å². The summed E-state index contributed by atoms with van der Waals surface area (Å²) in [6, 6.07) is 13.2. The monoisotopic (exact) mass is 436 g/mol. The van der Waals surface area contributed by atoms with Gasteiger partial charge in [0.1, 0.15) is 23.1 Å².